The summed E-state index contributed by atoms with van der Waals surface area (Å²) in [5, 5.41) is 8.78. The number of hydrogen-bond donors (Lipinski definition) is 0. The zero-order valence-electron chi connectivity index (χ0n) is 11.6. The smallest absolute Gasteiger partial charge is 0.158 e. The molecule has 0 saturated carbocycles. The minimum Gasteiger partial charge on any atom is -0.382 e. The fourth-order valence-electron chi connectivity index (χ4n) is 3.03. The lowest BCUT2D eigenvalue weighted by Gasteiger charge is -2.38. The molecule has 1 atom stereocenters. The fourth-order valence-corrected chi connectivity index (χ4v) is 3.03. The Kier molecular flexibility index (Phi) is 4.33. The quantitative estimate of drug-likeness (QED) is 0.811. The maximum atomic E-state index is 8.78. The molecule has 0 radical (unpaired) electrons. The van der Waals surface area contributed by atoms with Gasteiger partial charge in [-0.25, -0.2) is 9.97 Å². The Hall–Kier alpha value is -1.67. The van der Waals surface area contributed by atoms with Crippen molar-refractivity contribution in [2.24, 2.45) is 0 Å². The van der Waals surface area contributed by atoms with E-state index in [1.807, 2.05) is 6.07 Å². The number of hydrogen-bond acceptors (Lipinski definition) is 5. The van der Waals surface area contributed by atoms with Crippen molar-refractivity contribution in [2.45, 2.75) is 38.1 Å². The molecule has 0 aromatic carbocycles. The van der Waals surface area contributed by atoms with Crippen molar-refractivity contribution in [3.8, 4) is 6.07 Å². The number of aromatic nitrogens is 2. The van der Waals surface area contributed by atoms with Gasteiger partial charge in [-0.3, -0.25) is 0 Å². The second kappa shape index (κ2) is 5.98. The topological polar surface area (TPSA) is 62.0 Å². The van der Waals surface area contributed by atoms with Gasteiger partial charge < -0.3 is 9.64 Å². The van der Waals surface area contributed by atoms with Crippen molar-refractivity contribution in [1.29, 1.82) is 5.26 Å². The van der Waals surface area contributed by atoms with Crippen LogP contribution in [0.3, 0.4) is 0 Å². The van der Waals surface area contributed by atoms with Crippen molar-refractivity contribution in [3.05, 3.63) is 18.1 Å². The molecular weight excluding hydrogens is 240 g/mol. The van der Waals surface area contributed by atoms with Crippen LogP contribution in [0.4, 0.5) is 5.82 Å². The molecule has 5 nitrogen and oxygen atoms in total. The number of ether oxygens (including phenoxy) is 1. The molecule has 0 spiro atoms. The van der Waals surface area contributed by atoms with Crippen LogP contribution in [0.15, 0.2) is 12.4 Å². The second-order valence-corrected chi connectivity index (χ2v) is 5.03. The molecule has 1 aromatic rings. The van der Waals surface area contributed by atoms with Gasteiger partial charge in [-0.2, -0.15) is 5.26 Å². The molecule has 0 bridgehead atoms. The third-order valence-electron chi connectivity index (χ3n) is 3.75. The monoisotopic (exact) mass is 260 g/mol. The zero-order chi connectivity index (χ0) is 13.7. The van der Waals surface area contributed by atoms with Crippen molar-refractivity contribution in [1.82, 2.24) is 9.97 Å². The summed E-state index contributed by atoms with van der Waals surface area (Å²) >= 11 is 0. The third-order valence-corrected chi connectivity index (χ3v) is 3.75. The van der Waals surface area contributed by atoms with Crippen LogP contribution in [-0.2, 0) is 4.74 Å². The van der Waals surface area contributed by atoms with Gasteiger partial charge in [-0.1, -0.05) is 13.3 Å². The Morgan fingerprint density at radius 2 is 2.32 bits per heavy atom. The molecule has 0 amide bonds. The number of nitrogens with zero attached hydrogens (tertiary/aromatic N) is 4. The normalized spacial score (nSPS) is 22.5. The maximum Gasteiger partial charge on any atom is 0.158 e. The van der Waals surface area contributed by atoms with Crippen LogP contribution >= 0.6 is 0 Å². The van der Waals surface area contributed by atoms with E-state index in [-0.39, 0.29) is 5.54 Å². The van der Waals surface area contributed by atoms with Crippen molar-refractivity contribution >= 4 is 5.82 Å². The largest absolute Gasteiger partial charge is 0.382 e. The second-order valence-electron chi connectivity index (χ2n) is 5.03. The molecule has 1 unspecified atom stereocenters. The van der Waals surface area contributed by atoms with Crippen molar-refractivity contribution in [3.63, 3.8) is 0 Å². The van der Waals surface area contributed by atoms with E-state index in [0.717, 1.165) is 38.0 Å². The first-order chi connectivity index (χ1) is 9.25. The Labute approximate surface area is 114 Å². The molecular formula is C14H20N4O. The van der Waals surface area contributed by atoms with Gasteiger partial charge in [0.05, 0.1) is 24.5 Å². The van der Waals surface area contributed by atoms with Crippen LogP contribution in [0, 0.1) is 11.3 Å². The van der Waals surface area contributed by atoms with E-state index in [9.17, 15) is 0 Å². The standard InChI is InChI=1S/C14H20N4O/c1-3-5-14(11-19-2)6-4-7-18(14)13-10-16-12(8-15)9-17-13/h9-10H,3-7,11H2,1-2H3. The summed E-state index contributed by atoms with van der Waals surface area (Å²) in [5.74, 6) is 0.849. The summed E-state index contributed by atoms with van der Waals surface area (Å²) in [5.41, 5.74) is 0.391. The van der Waals surface area contributed by atoms with E-state index >= 15 is 0 Å². The SMILES string of the molecule is CCCC1(COC)CCCN1c1cnc(C#N)cn1. The minimum atomic E-state index is 0.0341. The Morgan fingerprint density at radius 3 is 2.89 bits per heavy atom. The molecule has 19 heavy (non-hydrogen) atoms. The lowest BCUT2D eigenvalue weighted by molar-refractivity contribution is 0.127. The molecule has 0 N–H and O–H groups in total. The van der Waals surface area contributed by atoms with Crippen molar-refractivity contribution in [2.75, 3.05) is 25.2 Å². The summed E-state index contributed by atoms with van der Waals surface area (Å²) in [7, 11) is 1.75. The van der Waals surface area contributed by atoms with Crippen LogP contribution in [0.1, 0.15) is 38.3 Å². The Balaban J connectivity index is 2.27. The number of rotatable bonds is 5. The Bertz CT molecular complexity index is 446. The van der Waals surface area contributed by atoms with E-state index in [1.54, 1.807) is 13.3 Å². The Morgan fingerprint density at radius 1 is 1.47 bits per heavy atom. The summed E-state index contributed by atoms with van der Waals surface area (Å²) in [6.07, 6.45) is 7.70. The molecule has 1 saturated heterocycles. The van der Waals surface area contributed by atoms with E-state index in [4.69, 9.17) is 10.00 Å². The highest BCUT2D eigenvalue weighted by Gasteiger charge is 2.41. The average molecular weight is 260 g/mol. The first kappa shape index (κ1) is 13.8. The van der Waals surface area contributed by atoms with Crippen LogP contribution in [0.25, 0.3) is 0 Å². The van der Waals surface area contributed by atoms with Gasteiger partial charge in [0.15, 0.2) is 5.69 Å². The first-order valence-corrected chi connectivity index (χ1v) is 6.74. The molecule has 5 heteroatoms. The van der Waals surface area contributed by atoms with Crippen molar-refractivity contribution < 1.29 is 4.74 Å². The van der Waals surface area contributed by atoms with Gasteiger partial charge in [0.1, 0.15) is 11.9 Å². The third kappa shape index (κ3) is 2.69. The highest BCUT2D eigenvalue weighted by atomic mass is 16.5. The van der Waals surface area contributed by atoms with E-state index in [2.05, 4.69) is 21.8 Å². The molecule has 1 fully saturated rings. The predicted octanol–water partition coefficient (Wildman–Crippen LogP) is 2.13. The molecule has 2 heterocycles. The van der Waals surface area contributed by atoms with Gasteiger partial charge >= 0.3 is 0 Å². The molecule has 1 aromatic heterocycles. The molecule has 102 valence electrons. The summed E-state index contributed by atoms with van der Waals surface area (Å²) in [6.45, 7) is 3.88. The fraction of sp³-hybridized carbons (Fsp3) is 0.643. The van der Waals surface area contributed by atoms with E-state index in [0.29, 0.717) is 12.3 Å². The number of anilines is 1. The molecule has 2 rings (SSSR count). The first-order valence-electron chi connectivity index (χ1n) is 6.74. The van der Waals surface area contributed by atoms with Gasteiger partial charge in [-0.15, -0.1) is 0 Å². The number of nitriles is 1. The van der Waals surface area contributed by atoms with Crippen LogP contribution in [0.5, 0.6) is 0 Å². The minimum absolute atomic E-state index is 0.0341. The zero-order valence-corrected chi connectivity index (χ0v) is 11.6. The summed E-state index contributed by atoms with van der Waals surface area (Å²) < 4.78 is 5.44. The highest BCUT2D eigenvalue weighted by Crippen LogP contribution is 2.36. The van der Waals surface area contributed by atoms with Gasteiger partial charge in [0.25, 0.3) is 0 Å². The maximum absolute atomic E-state index is 8.78. The average Bonchev–Trinajstić information content (AvgIpc) is 2.83. The van der Waals surface area contributed by atoms with Crippen LogP contribution < -0.4 is 4.90 Å². The van der Waals surface area contributed by atoms with Crippen LogP contribution in [0.2, 0.25) is 0 Å². The van der Waals surface area contributed by atoms with Gasteiger partial charge in [0.2, 0.25) is 0 Å². The predicted molar refractivity (Wildman–Crippen MR) is 72.8 cm³/mol. The number of methoxy groups -OCH3 is 1. The summed E-state index contributed by atoms with van der Waals surface area (Å²) in [4.78, 5) is 10.8. The highest BCUT2D eigenvalue weighted by molar-refractivity contribution is 5.43. The molecule has 1 aliphatic heterocycles. The molecule has 0 aliphatic carbocycles. The van der Waals surface area contributed by atoms with Gasteiger partial charge in [-0.05, 0) is 19.3 Å². The van der Waals surface area contributed by atoms with E-state index in [1.165, 1.54) is 6.20 Å². The lowest BCUT2D eigenvalue weighted by atomic mass is 9.91. The molecule has 1 aliphatic rings. The lowest BCUT2D eigenvalue weighted by Crippen LogP contribution is -2.48. The van der Waals surface area contributed by atoms with Gasteiger partial charge in [0, 0.05) is 13.7 Å². The van der Waals surface area contributed by atoms with Crippen LogP contribution in [-0.4, -0.2) is 35.8 Å². The van der Waals surface area contributed by atoms with E-state index < -0.39 is 0 Å². The summed E-state index contributed by atoms with van der Waals surface area (Å²) in [6, 6.07) is 2.00.